The van der Waals surface area contributed by atoms with E-state index in [1.54, 1.807) is 30.3 Å². The molecule has 6 nitrogen and oxygen atoms in total. The quantitative estimate of drug-likeness (QED) is 0.694. The average Bonchev–Trinajstić information content (AvgIpc) is 2.61. The first-order valence-electron chi connectivity index (χ1n) is 7.80. The van der Waals surface area contributed by atoms with E-state index in [0.717, 1.165) is 24.3 Å². The van der Waals surface area contributed by atoms with E-state index >= 15 is 0 Å². The third-order valence-electron chi connectivity index (χ3n) is 3.54. The Morgan fingerprint density at radius 3 is 2.15 bits per heavy atom. The van der Waals surface area contributed by atoms with Gasteiger partial charge in [0.15, 0.2) is 0 Å². The van der Waals surface area contributed by atoms with Crippen LogP contribution in [0.5, 0.6) is 5.75 Å². The van der Waals surface area contributed by atoms with E-state index in [-0.39, 0.29) is 12.2 Å². The van der Waals surface area contributed by atoms with Crippen molar-refractivity contribution in [3.63, 3.8) is 0 Å². The van der Waals surface area contributed by atoms with E-state index < -0.39 is 29.5 Å². The summed E-state index contributed by atoms with van der Waals surface area (Å²) in [6.07, 6.45) is -4.82. The number of benzene rings is 2. The molecule has 0 aliphatic heterocycles. The fraction of sp³-hybridized carbons (Fsp3) is 0.222. The molecule has 2 aromatic carbocycles. The summed E-state index contributed by atoms with van der Waals surface area (Å²) < 4.78 is 40.0. The van der Waals surface area contributed by atoms with Gasteiger partial charge in [-0.1, -0.05) is 30.3 Å². The topological polar surface area (TPSA) is 87.7 Å². The van der Waals surface area contributed by atoms with Crippen LogP contribution in [0.2, 0.25) is 0 Å². The van der Waals surface area contributed by atoms with Gasteiger partial charge in [-0.05, 0) is 36.8 Å². The van der Waals surface area contributed by atoms with Crippen LogP contribution in [0.3, 0.4) is 0 Å². The van der Waals surface area contributed by atoms with Crippen molar-refractivity contribution in [2.45, 2.75) is 18.9 Å². The molecule has 0 saturated carbocycles. The van der Waals surface area contributed by atoms with E-state index in [9.17, 15) is 27.9 Å². The molecule has 0 bridgehead atoms. The third kappa shape index (κ3) is 6.30. The van der Waals surface area contributed by atoms with Crippen LogP contribution in [0.1, 0.15) is 12.5 Å². The number of anilines is 1. The predicted octanol–water partition coefficient (Wildman–Crippen LogP) is 2.55. The lowest BCUT2D eigenvalue weighted by Crippen LogP contribution is -2.43. The van der Waals surface area contributed by atoms with Gasteiger partial charge in [-0.2, -0.15) is 0 Å². The largest absolute Gasteiger partial charge is 0.573 e. The highest BCUT2D eigenvalue weighted by atomic mass is 19.4. The van der Waals surface area contributed by atoms with Crippen molar-refractivity contribution in [3.8, 4) is 5.75 Å². The summed E-state index contributed by atoms with van der Waals surface area (Å²) in [6, 6.07) is 12.9. The summed E-state index contributed by atoms with van der Waals surface area (Å²) in [6.45, 7) is 1.28. The first kappa shape index (κ1) is 20.2. The van der Waals surface area contributed by atoms with Gasteiger partial charge in [0.2, 0.25) is 0 Å². The molecule has 144 valence electrons. The molecule has 0 aliphatic rings. The molecule has 27 heavy (non-hydrogen) atoms. The number of carbonyl (C=O) groups excluding carboxylic acids is 2. The van der Waals surface area contributed by atoms with Crippen LogP contribution in [0.4, 0.5) is 18.9 Å². The minimum atomic E-state index is -4.82. The average molecular weight is 382 g/mol. The van der Waals surface area contributed by atoms with Crippen molar-refractivity contribution in [3.05, 3.63) is 60.2 Å². The molecule has 0 heterocycles. The maximum absolute atomic E-state index is 12.1. The number of aliphatic hydroxyl groups is 1. The van der Waals surface area contributed by atoms with Crippen LogP contribution in [0, 0.1) is 0 Å². The fourth-order valence-electron chi connectivity index (χ4n) is 2.16. The standard InChI is InChI=1S/C18H17F3N2O4/c1-17(26,12-5-3-2-4-6-12)11-22-15(24)16(25)23-13-7-9-14(10-8-13)27-18(19,20)21/h2-10,26H,11H2,1H3,(H,22,24)(H,23,25)/t17-/m1/s1. The summed E-state index contributed by atoms with van der Waals surface area (Å²) in [4.78, 5) is 23.7. The Balaban J connectivity index is 1.89. The molecule has 0 unspecified atom stereocenters. The summed E-state index contributed by atoms with van der Waals surface area (Å²) in [5, 5.41) is 14.9. The second kappa shape index (κ2) is 8.09. The summed E-state index contributed by atoms with van der Waals surface area (Å²) >= 11 is 0. The molecule has 0 fully saturated rings. The zero-order valence-electron chi connectivity index (χ0n) is 14.2. The van der Waals surface area contributed by atoms with Gasteiger partial charge in [-0.15, -0.1) is 13.2 Å². The number of rotatable bonds is 5. The van der Waals surface area contributed by atoms with E-state index in [1.807, 2.05) is 0 Å². The van der Waals surface area contributed by atoms with Gasteiger partial charge in [0, 0.05) is 5.69 Å². The monoisotopic (exact) mass is 382 g/mol. The van der Waals surface area contributed by atoms with Gasteiger partial charge in [-0.3, -0.25) is 9.59 Å². The Morgan fingerprint density at radius 2 is 1.59 bits per heavy atom. The molecule has 0 spiro atoms. The smallest absolute Gasteiger partial charge is 0.406 e. The Morgan fingerprint density at radius 1 is 1.00 bits per heavy atom. The minimum absolute atomic E-state index is 0.111. The van der Waals surface area contributed by atoms with Crippen molar-refractivity contribution < 1.29 is 32.6 Å². The maximum atomic E-state index is 12.1. The van der Waals surface area contributed by atoms with E-state index in [0.29, 0.717) is 5.56 Å². The first-order chi connectivity index (χ1) is 12.6. The number of ether oxygens (including phenoxy) is 1. The second-order valence-corrected chi connectivity index (χ2v) is 5.85. The van der Waals surface area contributed by atoms with Gasteiger partial charge in [-0.25, -0.2) is 0 Å². The molecule has 3 N–H and O–H groups in total. The second-order valence-electron chi connectivity index (χ2n) is 5.85. The highest BCUT2D eigenvalue weighted by molar-refractivity contribution is 6.39. The number of nitrogens with one attached hydrogen (secondary N) is 2. The number of alkyl halides is 3. The zero-order chi connectivity index (χ0) is 20.1. The third-order valence-corrected chi connectivity index (χ3v) is 3.54. The zero-order valence-corrected chi connectivity index (χ0v) is 14.2. The van der Waals surface area contributed by atoms with Crippen molar-refractivity contribution in [1.82, 2.24) is 5.32 Å². The lowest BCUT2D eigenvalue weighted by atomic mass is 9.96. The Labute approximate surface area is 153 Å². The normalized spacial score (nSPS) is 13.4. The van der Waals surface area contributed by atoms with Crippen molar-refractivity contribution in [1.29, 1.82) is 0 Å². The number of carbonyl (C=O) groups is 2. The van der Waals surface area contributed by atoms with Crippen LogP contribution in [-0.4, -0.2) is 29.8 Å². The van der Waals surface area contributed by atoms with Crippen LogP contribution < -0.4 is 15.4 Å². The lowest BCUT2D eigenvalue weighted by Gasteiger charge is -2.24. The highest BCUT2D eigenvalue weighted by Gasteiger charge is 2.31. The predicted molar refractivity (Wildman–Crippen MR) is 90.8 cm³/mol. The van der Waals surface area contributed by atoms with E-state index in [1.165, 1.54) is 6.92 Å². The fourth-order valence-corrected chi connectivity index (χ4v) is 2.16. The molecule has 9 heteroatoms. The van der Waals surface area contributed by atoms with Crippen LogP contribution in [0.25, 0.3) is 0 Å². The lowest BCUT2D eigenvalue weighted by molar-refractivity contribution is -0.274. The van der Waals surface area contributed by atoms with Gasteiger partial charge in [0.1, 0.15) is 11.4 Å². The van der Waals surface area contributed by atoms with E-state index in [4.69, 9.17) is 0 Å². The Kier molecular flexibility index (Phi) is 6.06. The SMILES string of the molecule is C[C@@](O)(CNC(=O)C(=O)Nc1ccc(OC(F)(F)F)cc1)c1ccccc1. The van der Waals surface area contributed by atoms with Gasteiger partial charge >= 0.3 is 18.2 Å². The Bertz CT molecular complexity index is 791. The molecule has 0 saturated heterocycles. The van der Waals surface area contributed by atoms with Crippen molar-refractivity contribution in [2.75, 3.05) is 11.9 Å². The number of hydrogen-bond donors (Lipinski definition) is 3. The van der Waals surface area contributed by atoms with Gasteiger partial charge < -0.3 is 20.5 Å². The molecule has 0 radical (unpaired) electrons. The molecular weight excluding hydrogens is 365 g/mol. The molecule has 0 aliphatic carbocycles. The first-order valence-corrected chi connectivity index (χ1v) is 7.80. The highest BCUT2D eigenvalue weighted by Crippen LogP contribution is 2.24. The molecule has 2 amide bonds. The Hall–Kier alpha value is -3.07. The number of hydrogen-bond acceptors (Lipinski definition) is 4. The molecule has 2 rings (SSSR count). The number of halogens is 3. The summed E-state index contributed by atoms with van der Waals surface area (Å²) in [5.41, 5.74) is -0.709. The number of amides is 2. The molecule has 2 aromatic rings. The van der Waals surface area contributed by atoms with Crippen molar-refractivity contribution >= 4 is 17.5 Å². The maximum Gasteiger partial charge on any atom is 0.573 e. The van der Waals surface area contributed by atoms with Crippen LogP contribution in [-0.2, 0) is 15.2 Å². The van der Waals surface area contributed by atoms with Crippen molar-refractivity contribution in [2.24, 2.45) is 0 Å². The van der Waals surface area contributed by atoms with E-state index in [2.05, 4.69) is 15.4 Å². The molecule has 1 atom stereocenters. The summed E-state index contributed by atoms with van der Waals surface area (Å²) in [5.74, 6) is -2.48. The van der Waals surface area contributed by atoms with Crippen LogP contribution >= 0.6 is 0 Å². The van der Waals surface area contributed by atoms with Gasteiger partial charge in [0.25, 0.3) is 0 Å². The molecule has 0 aromatic heterocycles. The van der Waals surface area contributed by atoms with Gasteiger partial charge in [0.05, 0.1) is 6.54 Å². The minimum Gasteiger partial charge on any atom is -0.406 e. The van der Waals surface area contributed by atoms with Crippen LogP contribution in [0.15, 0.2) is 54.6 Å². The summed E-state index contributed by atoms with van der Waals surface area (Å²) in [7, 11) is 0. The molecular formula is C18H17F3N2O4.